The van der Waals surface area contributed by atoms with Gasteiger partial charge in [-0.25, -0.2) is 4.98 Å². The molecule has 0 saturated heterocycles. The second-order valence-corrected chi connectivity index (χ2v) is 5.79. The number of nitrogens with zero attached hydrogens (tertiary/aromatic N) is 2. The lowest BCUT2D eigenvalue weighted by molar-refractivity contribution is 0.0651. The summed E-state index contributed by atoms with van der Waals surface area (Å²) in [5.41, 5.74) is 1.16. The van der Waals surface area contributed by atoms with Crippen molar-refractivity contribution in [1.29, 1.82) is 0 Å². The van der Waals surface area contributed by atoms with E-state index in [1.54, 1.807) is 18.6 Å². The lowest BCUT2D eigenvalue weighted by Crippen LogP contribution is -2.36. The van der Waals surface area contributed by atoms with Crippen LogP contribution in [-0.2, 0) is 4.74 Å². The summed E-state index contributed by atoms with van der Waals surface area (Å²) in [7, 11) is 1.57. The van der Waals surface area contributed by atoms with Crippen molar-refractivity contribution < 1.29 is 14.6 Å². The summed E-state index contributed by atoms with van der Waals surface area (Å²) in [6.07, 6.45) is 0. The van der Waals surface area contributed by atoms with Gasteiger partial charge in [0.15, 0.2) is 0 Å². The summed E-state index contributed by atoms with van der Waals surface area (Å²) in [6.45, 7) is 0.972. The maximum atomic E-state index is 12.4. The first-order chi connectivity index (χ1) is 10.7. The summed E-state index contributed by atoms with van der Waals surface area (Å²) in [6, 6.07) is 7.38. The third-order valence-corrected chi connectivity index (χ3v) is 4.26. The largest absolute Gasteiger partial charge is 0.395 e. The number of thiazole rings is 1. The monoisotopic (exact) mass is 340 g/mol. The molecule has 0 atom stereocenters. The first-order valence-corrected chi connectivity index (χ1v) is 8.02. The molecule has 118 valence electrons. The van der Waals surface area contributed by atoms with Crippen molar-refractivity contribution in [1.82, 2.24) is 9.88 Å². The van der Waals surface area contributed by atoms with Gasteiger partial charge in [-0.05, 0) is 6.07 Å². The third-order valence-electron chi connectivity index (χ3n) is 3.05. The van der Waals surface area contributed by atoms with Crippen LogP contribution >= 0.6 is 22.9 Å². The van der Waals surface area contributed by atoms with Crippen LogP contribution in [0.5, 0.6) is 0 Å². The average molecular weight is 341 g/mol. The van der Waals surface area contributed by atoms with Crippen LogP contribution in [0.1, 0.15) is 10.5 Å². The highest BCUT2D eigenvalue weighted by atomic mass is 35.5. The minimum Gasteiger partial charge on any atom is -0.395 e. The molecule has 5 nitrogen and oxygen atoms in total. The van der Waals surface area contributed by atoms with E-state index in [0.29, 0.717) is 28.9 Å². The Balaban J connectivity index is 2.19. The molecule has 0 unspecified atom stereocenters. The number of benzene rings is 1. The Hall–Kier alpha value is -1.47. The standard InChI is InChI=1S/C15H17ClN2O3S/c1-21-9-7-18(6-8-19)15(20)13-10-22-14(17-13)11-4-2-3-5-12(11)16/h2-5,10,19H,6-9H2,1H3. The van der Waals surface area contributed by atoms with Crippen molar-refractivity contribution in [2.45, 2.75) is 0 Å². The number of hydrogen-bond donors (Lipinski definition) is 1. The van der Waals surface area contributed by atoms with E-state index in [-0.39, 0.29) is 19.1 Å². The number of amides is 1. The number of rotatable bonds is 7. The van der Waals surface area contributed by atoms with Gasteiger partial charge in [0.1, 0.15) is 10.7 Å². The molecular weight excluding hydrogens is 324 g/mol. The number of aliphatic hydroxyl groups is 1. The number of ether oxygens (including phenoxy) is 1. The van der Waals surface area contributed by atoms with Crippen LogP contribution in [0.15, 0.2) is 29.6 Å². The minimum atomic E-state index is -0.222. The lowest BCUT2D eigenvalue weighted by Gasteiger charge is -2.20. The fraction of sp³-hybridized carbons (Fsp3) is 0.333. The van der Waals surface area contributed by atoms with Crippen LogP contribution in [0.2, 0.25) is 5.02 Å². The Morgan fingerprint density at radius 3 is 2.86 bits per heavy atom. The van der Waals surface area contributed by atoms with E-state index in [1.165, 1.54) is 16.2 Å². The van der Waals surface area contributed by atoms with Gasteiger partial charge in [-0.2, -0.15) is 0 Å². The molecule has 22 heavy (non-hydrogen) atoms. The van der Waals surface area contributed by atoms with Crippen molar-refractivity contribution in [2.75, 3.05) is 33.4 Å². The van der Waals surface area contributed by atoms with Gasteiger partial charge in [0.25, 0.3) is 5.91 Å². The lowest BCUT2D eigenvalue weighted by atomic mass is 10.2. The van der Waals surface area contributed by atoms with Gasteiger partial charge in [-0.15, -0.1) is 11.3 Å². The molecule has 1 aromatic carbocycles. The molecule has 2 aromatic rings. The van der Waals surface area contributed by atoms with Crippen LogP contribution < -0.4 is 0 Å². The summed E-state index contributed by atoms with van der Waals surface area (Å²) in [4.78, 5) is 18.3. The summed E-state index contributed by atoms with van der Waals surface area (Å²) in [5, 5.41) is 12.1. The maximum Gasteiger partial charge on any atom is 0.273 e. The van der Waals surface area contributed by atoms with Crippen LogP contribution in [0.4, 0.5) is 0 Å². The van der Waals surface area contributed by atoms with Crippen LogP contribution in [0.3, 0.4) is 0 Å². The van der Waals surface area contributed by atoms with E-state index in [2.05, 4.69) is 4.98 Å². The van der Waals surface area contributed by atoms with E-state index in [9.17, 15) is 4.79 Å². The summed E-state index contributed by atoms with van der Waals surface area (Å²) < 4.78 is 4.98. The highest BCUT2D eigenvalue weighted by molar-refractivity contribution is 7.13. The predicted molar refractivity (Wildman–Crippen MR) is 87.4 cm³/mol. The molecule has 1 aromatic heterocycles. The number of methoxy groups -OCH3 is 1. The van der Waals surface area contributed by atoms with Gasteiger partial charge in [0.05, 0.1) is 18.2 Å². The Kier molecular flexibility index (Phi) is 6.33. The van der Waals surface area contributed by atoms with Crippen LogP contribution in [0.25, 0.3) is 10.6 Å². The molecule has 1 heterocycles. The number of aliphatic hydroxyl groups excluding tert-OH is 1. The van der Waals surface area contributed by atoms with Gasteiger partial charge in [0.2, 0.25) is 0 Å². The average Bonchev–Trinajstić information content (AvgIpc) is 3.01. The molecule has 7 heteroatoms. The summed E-state index contributed by atoms with van der Waals surface area (Å²) >= 11 is 7.52. The number of halogens is 1. The fourth-order valence-electron chi connectivity index (χ4n) is 1.93. The van der Waals surface area contributed by atoms with Crippen LogP contribution in [0, 0.1) is 0 Å². The van der Waals surface area contributed by atoms with Gasteiger partial charge < -0.3 is 14.7 Å². The number of carbonyl (C=O) groups excluding carboxylic acids is 1. The zero-order valence-corrected chi connectivity index (χ0v) is 13.7. The van der Waals surface area contributed by atoms with Crippen molar-refractivity contribution in [2.24, 2.45) is 0 Å². The first kappa shape index (κ1) is 16.9. The molecule has 1 N–H and O–H groups in total. The normalized spacial score (nSPS) is 10.7. The molecule has 0 aliphatic carbocycles. The first-order valence-electron chi connectivity index (χ1n) is 6.77. The van der Waals surface area contributed by atoms with Crippen molar-refractivity contribution >= 4 is 28.8 Å². The Morgan fingerprint density at radius 1 is 1.41 bits per heavy atom. The topological polar surface area (TPSA) is 62.7 Å². The Morgan fingerprint density at radius 2 is 2.18 bits per heavy atom. The number of carbonyl (C=O) groups is 1. The van der Waals surface area contributed by atoms with Crippen LogP contribution in [-0.4, -0.2) is 54.3 Å². The SMILES string of the molecule is COCCN(CCO)C(=O)c1csc(-c2ccccc2Cl)n1. The molecular formula is C15H17ClN2O3S. The van der Waals surface area contributed by atoms with Gasteiger partial charge in [-0.3, -0.25) is 4.79 Å². The summed E-state index contributed by atoms with van der Waals surface area (Å²) in [5.74, 6) is -0.222. The highest BCUT2D eigenvalue weighted by Gasteiger charge is 2.19. The quantitative estimate of drug-likeness (QED) is 0.841. The molecule has 0 fully saturated rings. The predicted octanol–water partition coefficient (Wildman–Crippen LogP) is 2.54. The fourth-order valence-corrected chi connectivity index (χ4v) is 3.04. The zero-order valence-electron chi connectivity index (χ0n) is 12.2. The van der Waals surface area contributed by atoms with Crippen molar-refractivity contribution in [3.8, 4) is 10.6 Å². The van der Waals surface area contributed by atoms with Crippen molar-refractivity contribution in [3.63, 3.8) is 0 Å². The molecule has 0 spiro atoms. The molecule has 0 bridgehead atoms. The molecule has 0 saturated carbocycles. The number of aromatic nitrogens is 1. The van der Waals surface area contributed by atoms with E-state index < -0.39 is 0 Å². The van der Waals surface area contributed by atoms with E-state index in [4.69, 9.17) is 21.4 Å². The highest BCUT2D eigenvalue weighted by Crippen LogP contribution is 2.30. The zero-order chi connectivity index (χ0) is 15.9. The Labute approximate surface area is 138 Å². The number of hydrogen-bond acceptors (Lipinski definition) is 5. The minimum absolute atomic E-state index is 0.100. The smallest absolute Gasteiger partial charge is 0.273 e. The van der Waals surface area contributed by atoms with E-state index in [1.807, 2.05) is 18.2 Å². The van der Waals surface area contributed by atoms with E-state index in [0.717, 1.165) is 5.56 Å². The maximum absolute atomic E-state index is 12.4. The second-order valence-electron chi connectivity index (χ2n) is 4.53. The molecule has 0 aliphatic heterocycles. The molecule has 1 amide bonds. The molecule has 2 rings (SSSR count). The molecule has 0 aliphatic rings. The van der Waals surface area contributed by atoms with Gasteiger partial charge in [0, 0.05) is 31.1 Å². The Bertz CT molecular complexity index is 633. The van der Waals surface area contributed by atoms with Gasteiger partial charge in [-0.1, -0.05) is 29.8 Å². The third kappa shape index (κ3) is 4.04. The van der Waals surface area contributed by atoms with Gasteiger partial charge >= 0.3 is 0 Å². The van der Waals surface area contributed by atoms with E-state index >= 15 is 0 Å². The second kappa shape index (κ2) is 8.24. The van der Waals surface area contributed by atoms with Crippen molar-refractivity contribution in [3.05, 3.63) is 40.4 Å². The molecule has 0 radical (unpaired) electrons.